The molecule has 0 fully saturated rings. The minimum Gasteiger partial charge on any atom is -0.338 e. The number of hydrogen-bond acceptors (Lipinski definition) is 5. The topological polar surface area (TPSA) is 81.3 Å². The number of carbonyl (C=O) groups is 1. The summed E-state index contributed by atoms with van der Waals surface area (Å²) in [5.74, 6) is -0.522. The van der Waals surface area contributed by atoms with Crippen LogP contribution in [0.1, 0.15) is 27.8 Å². The molecule has 3 aromatic heterocycles. The number of nitrogens with one attached hydrogen (secondary N) is 1. The van der Waals surface area contributed by atoms with Gasteiger partial charge in [0.05, 0.1) is 0 Å². The minimum absolute atomic E-state index is 0.0958. The monoisotopic (exact) mass is 383 g/mol. The van der Waals surface area contributed by atoms with Gasteiger partial charge in [0, 0.05) is 37.2 Å². The van der Waals surface area contributed by atoms with Crippen LogP contribution in [0.15, 0.2) is 59.2 Å². The van der Waals surface area contributed by atoms with Gasteiger partial charge in [-0.15, -0.1) is 11.3 Å². The van der Waals surface area contributed by atoms with E-state index in [0.29, 0.717) is 16.3 Å². The molecule has 1 N–H and O–H groups in total. The van der Waals surface area contributed by atoms with Crippen LogP contribution in [0.2, 0.25) is 0 Å². The second-order valence-corrected chi connectivity index (χ2v) is 6.76. The highest BCUT2D eigenvalue weighted by Gasteiger charge is 2.24. The van der Waals surface area contributed by atoms with E-state index in [1.807, 2.05) is 0 Å². The molecule has 9 heteroatoms. The van der Waals surface area contributed by atoms with Gasteiger partial charge in [0.1, 0.15) is 23.2 Å². The first-order chi connectivity index (χ1) is 13.0. The fourth-order valence-electron chi connectivity index (χ4n) is 2.83. The van der Waals surface area contributed by atoms with E-state index in [2.05, 4.69) is 15.3 Å². The zero-order chi connectivity index (χ0) is 19.0. The molecule has 1 unspecified atom stereocenters. The molecule has 136 valence electrons. The third-order valence-corrected chi connectivity index (χ3v) is 4.93. The van der Waals surface area contributed by atoms with Gasteiger partial charge in [-0.1, -0.05) is 12.1 Å². The van der Waals surface area contributed by atoms with Gasteiger partial charge >= 0.3 is 0 Å². The normalized spacial score (nSPS) is 12.2. The van der Waals surface area contributed by atoms with Crippen molar-refractivity contribution in [1.29, 1.82) is 0 Å². The van der Waals surface area contributed by atoms with Crippen molar-refractivity contribution < 1.29 is 9.18 Å². The number of halogens is 1. The van der Waals surface area contributed by atoms with Crippen molar-refractivity contribution in [2.45, 2.75) is 6.04 Å². The van der Waals surface area contributed by atoms with E-state index in [4.69, 9.17) is 0 Å². The number of aromatic nitrogens is 4. The second-order valence-electron chi connectivity index (χ2n) is 5.89. The largest absolute Gasteiger partial charge is 0.338 e. The Morgan fingerprint density at radius 1 is 1.30 bits per heavy atom. The van der Waals surface area contributed by atoms with Crippen LogP contribution in [0, 0.1) is 5.82 Å². The van der Waals surface area contributed by atoms with Crippen LogP contribution in [-0.4, -0.2) is 24.8 Å². The van der Waals surface area contributed by atoms with Crippen molar-refractivity contribution in [2.24, 2.45) is 7.05 Å². The van der Waals surface area contributed by atoms with Crippen molar-refractivity contribution >= 4 is 22.2 Å². The zero-order valence-corrected chi connectivity index (χ0v) is 15.0. The number of benzene rings is 1. The number of aryl methyl sites for hydroxylation is 1. The maximum atomic E-state index is 13.7. The van der Waals surface area contributed by atoms with Gasteiger partial charge < -0.3 is 9.88 Å². The van der Waals surface area contributed by atoms with Gasteiger partial charge in [0.25, 0.3) is 11.5 Å². The lowest BCUT2D eigenvalue weighted by atomic mass is 10.1. The van der Waals surface area contributed by atoms with E-state index in [-0.39, 0.29) is 5.56 Å². The van der Waals surface area contributed by atoms with Gasteiger partial charge in [0.2, 0.25) is 0 Å². The summed E-state index contributed by atoms with van der Waals surface area (Å²) in [5, 5.41) is 4.50. The number of amides is 1. The van der Waals surface area contributed by atoms with Crippen LogP contribution in [0.5, 0.6) is 0 Å². The zero-order valence-electron chi connectivity index (χ0n) is 14.2. The molecule has 27 heavy (non-hydrogen) atoms. The molecule has 0 spiro atoms. The number of nitrogens with zero attached hydrogens (tertiary/aromatic N) is 4. The van der Waals surface area contributed by atoms with E-state index in [0.717, 1.165) is 0 Å². The molecule has 4 rings (SSSR count). The molecule has 0 aliphatic heterocycles. The summed E-state index contributed by atoms with van der Waals surface area (Å²) in [5.41, 5.74) is -0.0413. The molecule has 1 amide bonds. The number of carbonyl (C=O) groups excluding carboxylic acids is 1. The SMILES string of the molecule is Cn1ccnc1C(NC(=O)c1cnc2sccn2c1=O)c1cccc(F)c1. The van der Waals surface area contributed by atoms with Crippen LogP contribution in [0.3, 0.4) is 0 Å². The Bertz CT molecular complexity index is 1200. The van der Waals surface area contributed by atoms with Gasteiger partial charge in [-0.05, 0) is 17.7 Å². The molecule has 1 atom stereocenters. The molecular weight excluding hydrogens is 369 g/mol. The van der Waals surface area contributed by atoms with E-state index in [1.165, 1.54) is 34.1 Å². The maximum absolute atomic E-state index is 13.7. The molecule has 3 heterocycles. The Balaban J connectivity index is 1.75. The Kier molecular flexibility index (Phi) is 4.28. The fraction of sp³-hybridized carbons (Fsp3) is 0.111. The minimum atomic E-state index is -0.726. The second kappa shape index (κ2) is 6.76. The molecular formula is C18H14FN5O2S. The van der Waals surface area contributed by atoms with Crippen molar-refractivity contribution in [1.82, 2.24) is 24.3 Å². The summed E-state index contributed by atoms with van der Waals surface area (Å²) in [6, 6.07) is 5.17. The van der Waals surface area contributed by atoms with Gasteiger partial charge in [-0.2, -0.15) is 0 Å². The van der Waals surface area contributed by atoms with Crippen LogP contribution in [-0.2, 0) is 7.05 Å². The van der Waals surface area contributed by atoms with E-state index in [1.54, 1.807) is 47.7 Å². The van der Waals surface area contributed by atoms with Gasteiger partial charge in [-0.25, -0.2) is 14.4 Å². The smallest absolute Gasteiger partial charge is 0.271 e. The lowest BCUT2D eigenvalue weighted by Gasteiger charge is -2.19. The number of thiazole rings is 1. The Labute approximate surface area is 156 Å². The molecule has 0 radical (unpaired) electrons. The first kappa shape index (κ1) is 17.1. The van der Waals surface area contributed by atoms with E-state index >= 15 is 0 Å². The number of rotatable bonds is 4. The number of hydrogen-bond donors (Lipinski definition) is 1. The van der Waals surface area contributed by atoms with E-state index in [9.17, 15) is 14.0 Å². The molecule has 0 aliphatic carbocycles. The predicted molar refractivity (Wildman–Crippen MR) is 98.3 cm³/mol. The lowest BCUT2D eigenvalue weighted by Crippen LogP contribution is -2.35. The van der Waals surface area contributed by atoms with Crippen LogP contribution in [0.4, 0.5) is 4.39 Å². The summed E-state index contributed by atoms with van der Waals surface area (Å²) in [6.45, 7) is 0. The number of imidazole rings is 1. The standard InChI is InChI=1S/C18H14FN5O2S/c1-23-6-5-20-15(23)14(11-3-2-4-12(19)9-11)22-16(25)13-10-21-18-24(17(13)26)7-8-27-18/h2-10,14H,1H3,(H,22,25). The molecule has 0 bridgehead atoms. The Morgan fingerprint density at radius 3 is 2.89 bits per heavy atom. The quantitative estimate of drug-likeness (QED) is 0.586. The molecule has 0 saturated heterocycles. The summed E-state index contributed by atoms with van der Waals surface area (Å²) < 4.78 is 16.8. The highest BCUT2D eigenvalue weighted by molar-refractivity contribution is 7.15. The van der Waals surface area contributed by atoms with Crippen LogP contribution < -0.4 is 10.9 Å². The molecule has 4 aromatic rings. The van der Waals surface area contributed by atoms with Crippen molar-refractivity contribution in [3.8, 4) is 0 Å². The lowest BCUT2D eigenvalue weighted by molar-refractivity contribution is 0.0939. The maximum Gasteiger partial charge on any atom is 0.271 e. The summed E-state index contributed by atoms with van der Waals surface area (Å²) >= 11 is 1.30. The summed E-state index contributed by atoms with van der Waals surface area (Å²) in [6.07, 6.45) is 6.13. The highest BCUT2D eigenvalue weighted by atomic mass is 32.1. The van der Waals surface area contributed by atoms with Crippen molar-refractivity contribution in [3.05, 3.63) is 87.6 Å². The first-order valence-corrected chi connectivity index (χ1v) is 8.91. The third-order valence-electron chi connectivity index (χ3n) is 4.16. The Morgan fingerprint density at radius 2 is 2.15 bits per heavy atom. The Hall–Kier alpha value is -3.33. The average Bonchev–Trinajstić information content (AvgIpc) is 3.29. The summed E-state index contributed by atoms with van der Waals surface area (Å²) in [7, 11) is 1.77. The predicted octanol–water partition coefficient (Wildman–Crippen LogP) is 2.15. The van der Waals surface area contributed by atoms with Gasteiger partial charge in [-0.3, -0.25) is 14.0 Å². The molecule has 0 saturated carbocycles. The molecule has 0 aliphatic rings. The van der Waals surface area contributed by atoms with Crippen LogP contribution in [0.25, 0.3) is 4.96 Å². The fourth-order valence-corrected chi connectivity index (χ4v) is 3.50. The molecule has 7 nitrogen and oxygen atoms in total. The summed E-state index contributed by atoms with van der Waals surface area (Å²) in [4.78, 5) is 34.3. The molecule has 1 aromatic carbocycles. The van der Waals surface area contributed by atoms with Crippen LogP contribution >= 0.6 is 11.3 Å². The third kappa shape index (κ3) is 3.13. The first-order valence-electron chi connectivity index (χ1n) is 8.03. The van der Waals surface area contributed by atoms with E-state index < -0.39 is 23.3 Å². The van der Waals surface area contributed by atoms with Crippen molar-refractivity contribution in [3.63, 3.8) is 0 Å². The van der Waals surface area contributed by atoms with Gasteiger partial charge in [0.15, 0.2) is 4.96 Å². The average molecular weight is 383 g/mol. The number of fused-ring (bicyclic) bond motifs is 1. The highest BCUT2D eigenvalue weighted by Crippen LogP contribution is 2.21. The van der Waals surface area contributed by atoms with Crippen molar-refractivity contribution in [2.75, 3.05) is 0 Å².